The molecule has 0 unspecified atom stereocenters. The predicted octanol–water partition coefficient (Wildman–Crippen LogP) is 4.96. The number of aromatic nitrogens is 1. The number of rotatable bonds is 7. The van der Waals surface area contributed by atoms with Gasteiger partial charge in [-0.1, -0.05) is 51.1 Å². The highest BCUT2D eigenvalue weighted by Gasteiger charge is 2.19. The maximum atomic E-state index is 13.5. The molecule has 3 aromatic rings. The molecule has 0 aliphatic carbocycles. The van der Waals surface area contributed by atoms with Crippen molar-refractivity contribution < 1.29 is 9.53 Å². The standard InChI is InChI=1S/C26H32N2O3/c1-6-27(15-14-26(2,3)4)24(29)18-28-23-17-21(31-5)13-12-20(23)16-22(25(28)30)19-10-8-7-9-11-19/h7-13,16-17H,6,14-15,18H2,1-5H3. The van der Waals surface area contributed by atoms with Crippen LogP contribution in [0.15, 0.2) is 59.4 Å². The molecular weight excluding hydrogens is 388 g/mol. The molecule has 31 heavy (non-hydrogen) atoms. The third-order valence-corrected chi connectivity index (χ3v) is 5.55. The highest BCUT2D eigenvalue weighted by atomic mass is 16.5. The first-order chi connectivity index (χ1) is 14.7. The highest BCUT2D eigenvalue weighted by Crippen LogP contribution is 2.25. The number of hydrogen-bond acceptors (Lipinski definition) is 3. The van der Waals surface area contributed by atoms with Gasteiger partial charge in [0, 0.05) is 24.7 Å². The van der Waals surface area contributed by atoms with Crippen LogP contribution >= 0.6 is 0 Å². The first-order valence-electron chi connectivity index (χ1n) is 10.8. The van der Waals surface area contributed by atoms with E-state index in [0.717, 1.165) is 17.4 Å². The predicted molar refractivity (Wildman–Crippen MR) is 127 cm³/mol. The number of hydrogen-bond donors (Lipinski definition) is 0. The Kier molecular flexibility index (Phi) is 6.84. The van der Waals surface area contributed by atoms with Gasteiger partial charge in [-0.15, -0.1) is 0 Å². The average molecular weight is 421 g/mol. The van der Waals surface area contributed by atoms with Crippen molar-refractivity contribution in [1.29, 1.82) is 0 Å². The van der Waals surface area contributed by atoms with Crippen molar-refractivity contribution in [3.05, 3.63) is 65.0 Å². The van der Waals surface area contributed by atoms with Crippen LogP contribution in [-0.2, 0) is 11.3 Å². The van der Waals surface area contributed by atoms with Crippen LogP contribution in [0.4, 0.5) is 0 Å². The summed E-state index contributed by atoms with van der Waals surface area (Å²) >= 11 is 0. The van der Waals surface area contributed by atoms with Crippen molar-refractivity contribution in [2.45, 2.75) is 40.7 Å². The van der Waals surface area contributed by atoms with Crippen molar-refractivity contribution in [3.8, 4) is 16.9 Å². The van der Waals surface area contributed by atoms with Crippen molar-refractivity contribution in [2.75, 3.05) is 20.2 Å². The summed E-state index contributed by atoms with van der Waals surface area (Å²) in [7, 11) is 1.60. The zero-order chi connectivity index (χ0) is 22.6. The Morgan fingerprint density at radius 1 is 1.06 bits per heavy atom. The molecule has 0 aliphatic rings. The van der Waals surface area contributed by atoms with E-state index in [1.807, 2.05) is 66.4 Å². The minimum Gasteiger partial charge on any atom is -0.497 e. The number of carbonyl (C=O) groups excluding carboxylic acids is 1. The number of methoxy groups -OCH3 is 1. The second kappa shape index (κ2) is 9.38. The zero-order valence-electron chi connectivity index (χ0n) is 19.1. The number of pyridine rings is 1. The SMILES string of the molecule is CCN(CCC(C)(C)C)C(=O)Cn1c(=O)c(-c2ccccc2)cc2ccc(OC)cc21. The van der Waals surface area contributed by atoms with Gasteiger partial charge in [0.2, 0.25) is 5.91 Å². The zero-order valence-corrected chi connectivity index (χ0v) is 19.1. The molecule has 3 rings (SSSR count). The van der Waals surface area contributed by atoms with Crippen LogP contribution in [0.2, 0.25) is 0 Å². The number of nitrogens with zero attached hydrogens (tertiary/aromatic N) is 2. The highest BCUT2D eigenvalue weighted by molar-refractivity contribution is 5.87. The number of fused-ring (bicyclic) bond motifs is 1. The number of carbonyl (C=O) groups is 1. The monoisotopic (exact) mass is 420 g/mol. The number of likely N-dealkylation sites (N-methyl/N-ethyl adjacent to an activating group) is 1. The molecule has 0 fully saturated rings. The second-order valence-corrected chi connectivity index (χ2v) is 9.02. The van der Waals surface area contributed by atoms with Gasteiger partial charge in [-0.2, -0.15) is 0 Å². The lowest BCUT2D eigenvalue weighted by Gasteiger charge is -2.26. The first kappa shape index (κ1) is 22.6. The summed E-state index contributed by atoms with van der Waals surface area (Å²) in [6.07, 6.45) is 0.903. The van der Waals surface area contributed by atoms with E-state index in [1.165, 1.54) is 0 Å². The van der Waals surface area contributed by atoms with Crippen LogP contribution in [0.5, 0.6) is 5.75 Å². The molecule has 164 valence electrons. The van der Waals surface area contributed by atoms with E-state index in [2.05, 4.69) is 20.8 Å². The van der Waals surface area contributed by atoms with Crippen LogP contribution in [0.1, 0.15) is 34.1 Å². The van der Waals surface area contributed by atoms with Gasteiger partial charge in [0.25, 0.3) is 5.56 Å². The molecule has 0 atom stereocenters. The van der Waals surface area contributed by atoms with Gasteiger partial charge >= 0.3 is 0 Å². The molecule has 1 amide bonds. The molecule has 0 aliphatic heterocycles. The molecule has 0 bridgehead atoms. The van der Waals surface area contributed by atoms with E-state index in [0.29, 0.717) is 29.9 Å². The Hall–Kier alpha value is -3.08. The van der Waals surface area contributed by atoms with Crippen molar-refractivity contribution in [3.63, 3.8) is 0 Å². The Labute approximate surface area is 184 Å². The van der Waals surface area contributed by atoms with Gasteiger partial charge in [-0.3, -0.25) is 14.2 Å². The maximum absolute atomic E-state index is 13.5. The van der Waals surface area contributed by atoms with E-state index in [1.54, 1.807) is 11.7 Å². The summed E-state index contributed by atoms with van der Waals surface area (Å²) in [5, 5.41) is 0.893. The first-order valence-corrected chi connectivity index (χ1v) is 10.8. The largest absolute Gasteiger partial charge is 0.497 e. The molecule has 0 radical (unpaired) electrons. The fourth-order valence-electron chi connectivity index (χ4n) is 3.62. The summed E-state index contributed by atoms with van der Waals surface area (Å²) in [6, 6.07) is 17.1. The summed E-state index contributed by atoms with van der Waals surface area (Å²) in [6.45, 7) is 9.76. The molecule has 5 nitrogen and oxygen atoms in total. The number of amides is 1. The minimum atomic E-state index is -0.174. The van der Waals surface area contributed by atoms with Crippen molar-refractivity contribution in [2.24, 2.45) is 5.41 Å². The van der Waals surface area contributed by atoms with Crippen LogP contribution < -0.4 is 10.3 Å². The molecule has 0 N–H and O–H groups in total. The van der Waals surface area contributed by atoms with Crippen LogP contribution in [-0.4, -0.2) is 35.6 Å². The van der Waals surface area contributed by atoms with Gasteiger partial charge in [0.05, 0.1) is 12.6 Å². The lowest BCUT2D eigenvalue weighted by Crippen LogP contribution is -2.38. The molecular formula is C26H32N2O3. The molecule has 0 saturated carbocycles. The van der Waals surface area contributed by atoms with Gasteiger partial charge in [0.15, 0.2) is 0 Å². The lowest BCUT2D eigenvalue weighted by atomic mass is 9.92. The van der Waals surface area contributed by atoms with E-state index in [9.17, 15) is 9.59 Å². The molecule has 5 heteroatoms. The fourth-order valence-corrected chi connectivity index (χ4v) is 3.62. The van der Waals surface area contributed by atoms with Crippen LogP contribution in [0, 0.1) is 5.41 Å². The molecule has 2 aromatic carbocycles. The topological polar surface area (TPSA) is 51.5 Å². The third kappa shape index (κ3) is 5.35. The summed E-state index contributed by atoms with van der Waals surface area (Å²) < 4.78 is 6.96. The molecule has 1 heterocycles. The summed E-state index contributed by atoms with van der Waals surface area (Å²) in [4.78, 5) is 28.5. The van der Waals surface area contributed by atoms with Crippen molar-refractivity contribution in [1.82, 2.24) is 9.47 Å². The van der Waals surface area contributed by atoms with E-state index < -0.39 is 0 Å². The fraction of sp³-hybridized carbons (Fsp3) is 0.385. The second-order valence-electron chi connectivity index (χ2n) is 9.02. The third-order valence-electron chi connectivity index (χ3n) is 5.55. The number of benzene rings is 2. The summed E-state index contributed by atoms with van der Waals surface area (Å²) in [5.41, 5.74) is 2.09. The molecule has 1 aromatic heterocycles. The molecule has 0 spiro atoms. The maximum Gasteiger partial charge on any atom is 0.259 e. The quantitative estimate of drug-likeness (QED) is 0.543. The van der Waals surface area contributed by atoms with Gasteiger partial charge in [0.1, 0.15) is 12.3 Å². The van der Waals surface area contributed by atoms with Crippen LogP contribution in [0.25, 0.3) is 22.0 Å². The lowest BCUT2D eigenvalue weighted by molar-refractivity contribution is -0.131. The minimum absolute atomic E-state index is 0.00115. The summed E-state index contributed by atoms with van der Waals surface area (Å²) in [5.74, 6) is 0.601. The van der Waals surface area contributed by atoms with E-state index >= 15 is 0 Å². The Bertz CT molecular complexity index is 1110. The van der Waals surface area contributed by atoms with Gasteiger partial charge < -0.3 is 9.64 Å². The van der Waals surface area contributed by atoms with Crippen molar-refractivity contribution >= 4 is 16.8 Å². The van der Waals surface area contributed by atoms with Gasteiger partial charge in [-0.05, 0) is 47.9 Å². The van der Waals surface area contributed by atoms with E-state index in [-0.39, 0.29) is 23.4 Å². The smallest absolute Gasteiger partial charge is 0.259 e. The Morgan fingerprint density at radius 3 is 2.39 bits per heavy atom. The van der Waals surface area contributed by atoms with Gasteiger partial charge in [-0.25, -0.2) is 0 Å². The number of ether oxygens (including phenoxy) is 1. The Balaban J connectivity index is 2.07. The normalized spacial score (nSPS) is 11.5. The molecule has 0 saturated heterocycles. The Morgan fingerprint density at radius 2 is 1.77 bits per heavy atom. The average Bonchev–Trinajstić information content (AvgIpc) is 2.75. The van der Waals surface area contributed by atoms with E-state index in [4.69, 9.17) is 4.74 Å². The van der Waals surface area contributed by atoms with Crippen LogP contribution in [0.3, 0.4) is 0 Å².